The molecule has 3 aromatic rings. The largest absolute Gasteiger partial charge is 0.507 e. The number of nitrogens with zero attached hydrogens (tertiary/aromatic N) is 1. The van der Waals surface area contributed by atoms with Gasteiger partial charge in [-0.05, 0) is 48.6 Å². The predicted octanol–water partition coefficient (Wildman–Crippen LogP) is 5.48. The van der Waals surface area contributed by atoms with Crippen molar-refractivity contribution in [3.8, 4) is 17.1 Å². The Morgan fingerprint density at radius 1 is 1.10 bits per heavy atom. The van der Waals surface area contributed by atoms with Crippen LogP contribution in [-0.2, 0) is 6.18 Å². The lowest BCUT2D eigenvalue weighted by molar-refractivity contribution is -0.384. The van der Waals surface area contributed by atoms with Gasteiger partial charge in [-0.15, -0.1) is 0 Å². The minimum atomic E-state index is -4.72. The summed E-state index contributed by atoms with van der Waals surface area (Å²) < 4.78 is 43.8. The number of ketones is 1. The Morgan fingerprint density at radius 3 is 2.48 bits per heavy atom. The van der Waals surface area contributed by atoms with Gasteiger partial charge in [-0.3, -0.25) is 14.9 Å². The van der Waals surface area contributed by atoms with Crippen molar-refractivity contribution in [1.29, 1.82) is 0 Å². The van der Waals surface area contributed by atoms with Crippen LogP contribution in [0.1, 0.15) is 21.7 Å². The predicted molar refractivity (Wildman–Crippen MR) is 97.3 cm³/mol. The van der Waals surface area contributed by atoms with Crippen molar-refractivity contribution in [1.82, 2.24) is 0 Å². The van der Waals surface area contributed by atoms with Gasteiger partial charge in [0.2, 0.25) is 0 Å². The zero-order chi connectivity index (χ0) is 21.2. The molecule has 1 aromatic heterocycles. The number of phenolic OH excluding ortho intramolecular Hbond substituents is 1. The van der Waals surface area contributed by atoms with E-state index in [0.29, 0.717) is 6.07 Å². The number of hydrogen-bond donors (Lipinski definition) is 1. The molecular weight excluding hydrogens is 391 g/mol. The maximum atomic E-state index is 12.8. The van der Waals surface area contributed by atoms with E-state index in [4.69, 9.17) is 4.42 Å². The lowest BCUT2D eigenvalue weighted by atomic mass is 10.1. The van der Waals surface area contributed by atoms with Gasteiger partial charge in [-0.25, -0.2) is 0 Å². The van der Waals surface area contributed by atoms with Crippen LogP contribution in [0.25, 0.3) is 17.4 Å². The Labute approximate surface area is 161 Å². The highest BCUT2D eigenvalue weighted by atomic mass is 19.4. The van der Waals surface area contributed by atoms with Crippen molar-refractivity contribution in [3.05, 3.63) is 87.7 Å². The molecule has 0 unspecified atom stereocenters. The zero-order valence-electron chi connectivity index (χ0n) is 14.5. The number of benzene rings is 2. The van der Waals surface area contributed by atoms with E-state index in [2.05, 4.69) is 0 Å². The summed E-state index contributed by atoms with van der Waals surface area (Å²) in [4.78, 5) is 22.4. The fraction of sp³-hybridized carbons (Fsp3) is 0.0500. The molecule has 1 heterocycles. The molecule has 3 rings (SSSR count). The standard InChI is InChI=1S/C20H12F3NO5/c21-20(22,23)12-5-8-14(16(11-12)24(27)28)19-10-7-13(29-19)6-9-18(26)15-3-1-2-4-17(15)25/h1-11,25H/b9-6+. The first-order chi connectivity index (χ1) is 13.7. The van der Waals surface area contributed by atoms with E-state index in [9.17, 15) is 33.2 Å². The third kappa shape index (κ3) is 4.34. The maximum Gasteiger partial charge on any atom is 0.416 e. The van der Waals surface area contributed by atoms with E-state index in [-0.39, 0.29) is 28.4 Å². The van der Waals surface area contributed by atoms with Gasteiger partial charge in [0.05, 0.1) is 21.6 Å². The van der Waals surface area contributed by atoms with Crippen LogP contribution in [0.2, 0.25) is 0 Å². The van der Waals surface area contributed by atoms with E-state index in [1.807, 2.05) is 0 Å². The van der Waals surface area contributed by atoms with Crippen LogP contribution in [0.15, 0.2) is 65.1 Å². The second-order valence-electron chi connectivity index (χ2n) is 5.90. The van der Waals surface area contributed by atoms with E-state index >= 15 is 0 Å². The number of aromatic hydroxyl groups is 1. The summed E-state index contributed by atoms with van der Waals surface area (Å²) >= 11 is 0. The molecule has 0 aliphatic carbocycles. The molecule has 0 fully saturated rings. The molecule has 148 valence electrons. The van der Waals surface area contributed by atoms with E-state index in [1.165, 1.54) is 30.3 Å². The number of phenols is 1. The van der Waals surface area contributed by atoms with Gasteiger partial charge in [0, 0.05) is 6.07 Å². The molecule has 0 amide bonds. The Bertz CT molecular complexity index is 1120. The van der Waals surface area contributed by atoms with Gasteiger partial charge in [-0.1, -0.05) is 12.1 Å². The SMILES string of the molecule is O=C(/C=C/c1ccc(-c2ccc(C(F)(F)F)cc2[N+](=O)[O-])o1)c1ccccc1O. The van der Waals surface area contributed by atoms with Crippen molar-refractivity contribution in [3.63, 3.8) is 0 Å². The second kappa shape index (κ2) is 7.63. The Hall–Kier alpha value is -3.88. The molecular formula is C20H12F3NO5. The maximum absolute atomic E-state index is 12.8. The van der Waals surface area contributed by atoms with Crippen molar-refractivity contribution in [2.45, 2.75) is 6.18 Å². The van der Waals surface area contributed by atoms with Gasteiger partial charge >= 0.3 is 6.18 Å². The topological polar surface area (TPSA) is 93.6 Å². The van der Waals surface area contributed by atoms with E-state index in [0.717, 1.165) is 18.2 Å². The van der Waals surface area contributed by atoms with Crippen LogP contribution >= 0.6 is 0 Å². The molecule has 29 heavy (non-hydrogen) atoms. The molecule has 0 saturated carbocycles. The highest BCUT2D eigenvalue weighted by Gasteiger charge is 2.33. The average Bonchev–Trinajstić information content (AvgIpc) is 3.14. The van der Waals surface area contributed by atoms with Crippen LogP contribution in [-0.4, -0.2) is 15.8 Å². The number of nitro benzene ring substituents is 1. The fourth-order valence-electron chi connectivity index (χ4n) is 2.58. The smallest absolute Gasteiger partial charge is 0.416 e. The first kappa shape index (κ1) is 19.9. The first-order valence-corrected chi connectivity index (χ1v) is 8.13. The second-order valence-corrected chi connectivity index (χ2v) is 5.90. The molecule has 6 nitrogen and oxygen atoms in total. The summed E-state index contributed by atoms with van der Waals surface area (Å²) in [6.07, 6.45) is -2.29. The number of carbonyl (C=O) groups is 1. The number of furan rings is 1. The average molecular weight is 403 g/mol. The highest BCUT2D eigenvalue weighted by molar-refractivity contribution is 6.08. The lowest BCUT2D eigenvalue weighted by Gasteiger charge is -2.07. The molecule has 0 saturated heterocycles. The Morgan fingerprint density at radius 2 is 1.83 bits per heavy atom. The number of nitro groups is 1. The number of carbonyl (C=O) groups excluding carboxylic acids is 1. The number of hydrogen-bond acceptors (Lipinski definition) is 5. The molecule has 0 aliphatic heterocycles. The van der Waals surface area contributed by atoms with Crippen LogP contribution in [0.3, 0.4) is 0 Å². The molecule has 0 atom stereocenters. The molecule has 2 aromatic carbocycles. The fourth-order valence-corrected chi connectivity index (χ4v) is 2.58. The number of rotatable bonds is 5. The normalized spacial score (nSPS) is 11.7. The quantitative estimate of drug-likeness (QED) is 0.264. The highest BCUT2D eigenvalue weighted by Crippen LogP contribution is 2.37. The van der Waals surface area contributed by atoms with Gasteiger partial charge in [0.25, 0.3) is 5.69 Å². The first-order valence-electron chi connectivity index (χ1n) is 8.13. The molecule has 0 spiro atoms. The molecule has 0 bridgehead atoms. The Kier molecular flexibility index (Phi) is 5.22. The summed E-state index contributed by atoms with van der Waals surface area (Å²) in [5.41, 5.74) is -1.95. The summed E-state index contributed by atoms with van der Waals surface area (Å²) in [7, 11) is 0. The van der Waals surface area contributed by atoms with Crippen molar-refractivity contribution in [2.75, 3.05) is 0 Å². The van der Waals surface area contributed by atoms with Crippen molar-refractivity contribution >= 4 is 17.5 Å². The van der Waals surface area contributed by atoms with E-state index in [1.54, 1.807) is 12.1 Å². The number of halogens is 3. The summed E-state index contributed by atoms with van der Waals surface area (Å²) in [6, 6.07) is 10.8. The van der Waals surface area contributed by atoms with Gasteiger partial charge in [0.1, 0.15) is 17.3 Å². The lowest BCUT2D eigenvalue weighted by Crippen LogP contribution is -2.06. The summed E-state index contributed by atoms with van der Waals surface area (Å²) in [5, 5.41) is 20.9. The van der Waals surface area contributed by atoms with E-state index < -0.39 is 28.1 Å². The number of allylic oxidation sites excluding steroid dienone is 1. The van der Waals surface area contributed by atoms with Crippen molar-refractivity contribution in [2.24, 2.45) is 0 Å². The van der Waals surface area contributed by atoms with Crippen LogP contribution < -0.4 is 0 Å². The molecule has 0 radical (unpaired) electrons. The van der Waals surface area contributed by atoms with Gasteiger partial charge < -0.3 is 9.52 Å². The van der Waals surface area contributed by atoms with Crippen LogP contribution in [0.4, 0.5) is 18.9 Å². The third-order valence-electron chi connectivity index (χ3n) is 3.98. The van der Waals surface area contributed by atoms with Gasteiger partial charge in [-0.2, -0.15) is 13.2 Å². The number of para-hydroxylation sites is 1. The third-order valence-corrected chi connectivity index (χ3v) is 3.98. The summed E-state index contributed by atoms with van der Waals surface area (Å²) in [6.45, 7) is 0. The van der Waals surface area contributed by atoms with Gasteiger partial charge in [0.15, 0.2) is 5.78 Å². The van der Waals surface area contributed by atoms with Crippen LogP contribution in [0, 0.1) is 10.1 Å². The zero-order valence-corrected chi connectivity index (χ0v) is 14.5. The molecule has 1 N–H and O–H groups in total. The minimum absolute atomic E-state index is 0.0277. The minimum Gasteiger partial charge on any atom is -0.507 e. The monoisotopic (exact) mass is 403 g/mol. The van der Waals surface area contributed by atoms with Crippen molar-refractivity contribution < 1.29 is 32.4 Å². The Balaban J connectivity index is 1.89. The molecule has 9 heteroatoms. The molecule has 0 aliphatic rings. The number of alkyl halides is 3. The van der Waals surface area contributed by atoms with Crippen LogP contribution in [0.5, 0.6) is 5.75 Å². The summed E-state index contributed by atoms with van der Waals surface area (Å²) in [5.74, 6) is -0.567.